The molecule has 4 rings (SSSR count). The third-order valence-corrected chi connectivity index (χ3v) is 5.97. The molecule has 0 radical (unpaired) electrons. The van der Waals surface area contributed by atoms with Crippen LogP contribution in [-0.4, -0.2) is 41.7 Å². The molecule has 0 spiro atoms. The third-order valence-electron chi connectivity index (χ3n) is 5.31. The van der Waals surface area contributed by atoms with Crippen molar-refractivity contribution in [1.29, 1.82) is 0 Å². The number of fused-ring (bicyclic) bond motifs is 1. The molecule has 37 heavy (non-hydrogen) atoms. The molecule has 4 aromatic rings. The predicted molar refractivity (Wildman–Crippen MR) is 138 cm³/mol. The number of carbonyl (C=O) groups is 1. The minimum absolute atomic E-state index is 0.0176. The number of hydrogen-bond donors (Lipinski definition) is 3. The molecule has 12 heteroatoms. The number of benzene rings is 2. The van der Waals surface area contributed by atoms with Gasteiger partial charge in [0.15, 0.2) is 0 Å². The fourth-order valence-corrected chi connectivity index (χ4v) is 4.00. The van der Waals surface area contributed by atoms with Crippen molar-refractivity contribution in [2.45, 2.75) is 13.0 Å². The summed E-state index contributed by atoms with van der Waals surface area (Å²) in [5.74, 6) is 5.45. The summed E-state index contributed by atoms with van der Waals surface area (Å²) < 4.78 is 26.3. The minimum atomic E-state index is -3.40. The van der Waals surface area contributed by atoms with Crippen LogP contribution in [-0.2, 0) is 10.0 Å². The summed E-state index contributed by atoms with van der Waals surface area (Å²) in [5.41, 5.74) is 6.79. The number of rotatable bonds is 6. The Balaban J connectivity index is 1.83. The second kappa shape index (κ2) is 10.6. The van der Waals surface area contributed by atoms with Crippen LogP contribution in [0.2, 0.25) is 0 Å². The highest BCUT2D eigenvalue weighted by molar-refractivity contribution is 7.88. The fourth-order valence-electron chi connectivity index (χ4n) is 3.66. The number of nitrogens with two attached hydrogens (primary N) is 1. The summed E-state index contributed by atoms with van der Waals surface area (Å²) in [6.45, 7) is 1.60. The summed E-state index contributed by atoms with van der Waals surface area (Å²) in [7, 11) is -3.40. The van der Waals surface area contributed by atoms with E-state index in [1.807, 2.05) is 6.07 Å². The van der Waals surface area contributed by atoms with Crippen LogP contribution in [0.1, 0.15) is 34.8 Å². The number of aromatic amines is 1. The van der Waals surface area contributed by atoms with Crippen LogP contribution < -0.4 is 26.3 Å². The van der Waals surface area contributed by atoms with Crippen LogP contribution in [0.15, 0.2) is 65.7 Å². The van der Waals surface area contributed by atoms with Crippen molar-refractivity contribution >= 4 is 32.7 Å². The Morgan fingerprint density at radius 1 is 1.19 bits per heavy atom. The SMILES string of the molecule is CC(NC(=O)c1ncc[nH+]c1N)c1nc2cccc(C#CCNS(C)(=O)=O)c2c(=O)n1-c1ccccc1. The molecule has 188 valence electrons. The van der Waals surface area contributed by atoms with Crippen LogP contribution in [0.4, 0.5) is 5.82 Å². The maximum Gasteiger partial charge on any atom is 0.302 e. The summed E-state index contributed by atoms with van der Waals surface area (Å²) in [6.07, 6.45) is 3.96. The molecule has 0 saturated carbocycles. The zero-order valence-corrected chi connectivity index (χ0v) is 20.8. The number of anilines is 1. The molecule has 1 unspecified atom stereocenters. The molecule has 1 atom stereocenters. The lowest BCUT2D eigenvalue weighted by Crippen LogP contribution is -2.34. The van der Waals surface area contributed by atoms with Crippen LogP contribution in [0.3, 0.4) is 0 Å². The maximum atomic E-state index is 13.9. The number of carbonyl (C=O) groups excluding carboxylic acids is 1. The van der Waals surface area contributed by atoms with Crippen molar-refractivity contribution in [2.75, 3.05) is 18.5 Å². The molecule has 0 bridgehead atoms. The number of aromatic nitrogens is 4. The summed E-state index contributed by atoms with van der Waals surface area (Å²) in [5, 5.41) is 3.08. The van der Waals surface area contributed by atoms with Gasteiger partial charge in [-0.15, -0.1) is 0 Å². The topological polar surface area (TPSA) is 163 Å². The van der Waals surface area contributed by atoms with Gasteiger partial charge in [-0.25, -0.2) is 28.1 Å². The lowest BCUT2D eigenvalue weighted by molar-refractivity contribution is -0.361. The van der Waals surface area contributed by atoms with E-state index in [0.29, 0.717) is 22.6 Å². The van der Waals surface area contributed by atoms with Gasteiger partial charge in [-0.3, -0.25) is 19.9 Å². The number of H-pyrrole nitrogens is 1. The average Bonchev–Trinajstić information content (AvgIpc) is 2.86. The van der Waals surface area contributed by atoms with E-state index in [9.17, 15) is 18.0 Å². The van der Waals surface area contributed by atoms with Gasteiger partial charge in [0.05, 0.1) is 41.6 Å². The van der Waals surface area contributed by atoms with Gasteiger partial charge in [0.25, 0.3) is 11.5 Å². The second-order valence-electron chi connectivity index (χ2n) is 8.09. The smallest absolute Gasteiger partial charge is 0.302 e. The monoisotopic (exact) mass is 518 g/mol. The second-order valence-corrected chi connectivity index (χ2v) is 9.92. The van der Waals surface area contributed by atoms with E-state index in [1.165, 1.54) is 17.0 Å². The van der Waals surface area contributed by atoms with Gasteiger partial charge in [-0.1, -0.05) is 36.1 Å². The highest BCUT2D eigenvalue weighted by Crippen LogP contribution is 2.20. The van der Waals surface area contributed by atoms with Gasteiger partial charge in [-0.2, -0.15) is 0 Å². The molecular formula is C25H24N7O4S+. The summed E-state index contributed by atoms with van der Waals surface area (Å²) in [4.78, 5) is 38.2. The van der Waals surface area contributed by atoms with Crippen molar-refractivity contribution in [1.82, 2.24) is 24.6 Å². The quantitative estimate of drug-likeness (QED) is 0.314. The number of para-hydroxylation sites is 1. The number of amides is 1. The van der Waals surface area contributed by atoms with E-state index >= 15 is 0 Å². The highest BCUT2D eigenvalue weighted by atomic mass is 32.2. The van der Waals surface area contributed by atoms with Crippen molar-refractivity contribution in [2.24, 2.45) is 0 Å². The van der Waals surface area contributed by atoms with Gasteiger partial charge in [0, 0.05) is 5.56 Å². The van der Waals surface area contributed by atoms with E-state index in [1.54, 1.807) is 49.4 Å². The third kappa shape index (κ3) is 5.80. The van der Waals surface area contributed by atoms with E-state index in [-0.39, 0.29) is 29.0 Å². The normalized spacial score (nSPS) is 11.9. The predicted octanol–water partition coefficient (Wildman–Crippen LogP) is 0.569. The van der Waals surface area contributed by atoms with Gasteiger partial charge in [-0.05, 0) is 31.2 Å². The highest BCUT2D eigenvalue weighted by Gasteiger charge is 2.23. The maximum absolute atomic E-state index is 13.9. The van der Waals surface area contributed by atoms with Gasteiger partial charge >= 0.3 is 5.82 Å². The van der Waals surface area contributed by atoms with Crippen LogP contribution in [0.25, 0.3) is 16.6 Å². The van der Waals surface area contributed by atoms with Crippen molar-refractivity contribution in [3.05, 3.63) is 88.4 Å². The van der Waals surface area contributed by atoms with Gasteiger partial charge in [0.1, 0.15) is 12.0 Å². The van der Waals surface area contributed by atoms with Crippen LogP contribution >= 0.6 is 0 Å². The number of nitrogen functional groups attached to an aromatic ring is 1. The Labute approximate surface area is 212 Å². The van der Waals surface area contributed by atoms with E-state index in [0.717, 1.165) is 6.26 Å². The molecule has 0 fully saturated rings. The van der Waals surface area contributed by atoms with Crippen molar-refractivity contribution in [3.63, 3.8) is 0 Å². The molecule has 5 N–H and O–H groups in total. The molecule has 2 aromatic carbocycles. The van der Waals surface area contributed by atoms with E-state index in [4.69, 9.17) is 10.7 Å². The zero-order valence-electron chi connectivity index (χ0n) is 20.0. The zero-order chi connectivity index (χ0) is 26.6. The molecule has 1 amide bonds. The van der Waals surface area contributed by atoms with Crippen molar-refractivity contribution < 1.29 is 18.2 Å². The summed E-state index contributed by atoms with van der Waals surface area (Å²) in [6, 6.07) is 13.2. The molecule has 0 aliphatic carbocycles. The first kappa shape index (κ1) is 25.5. The Morgan fingerprint density at radius 2 is 1.95 bits per heavy atom. The average molecular weight is 519 g/mol. The first-order valence-corrected chi connectivity index (χ1v) is 13.0. The Kier molecular flexibility index (Phi) is 7.28. The molecular weight excluding hydrogens is 494 g/mol. The fraction of sp³-hybridized carbons (Fsp3) is 0.160. The van der Waals surface area contributed by atoms with Crippen LogP contribution in [0, 0.1) is 11.8 Å². The first-order chi connectivity index (χ1) is 17.7. The Morgan fingerprint density at radius 3 is 2.65 bits per heavy atom. The first-order valence-electron chi connectivity index (χ1n) is 11.1. The Hall–Kier alpha value is -4.60. The van der Waals surface area contributed by atoms with Crippen molar-refractivity contribution in [3.8, 4) is 17.5 Å². The number of nitrogens with one attached hydrogen (secondary N) is 3. The summed E-state index contributed by atoms with van der Waals surface area (Å²) >= 11 is 0. The Bertz CT molecular complexity index is 1710. The molecule has 11 nitrogen and oxygen atoms in total. The molecule has 0 saturated heterocycles. The minimum Gasteiger partial charge on any atom is -0.341 e. The van der Waals surface area contributed by atoms with Gasteiger partial charge in [0.2, 0.25) is 15.7 Å². The molecule has 2 aromatic heterocycles. The molecule has 2 heterocycles. The number of sulfonamides is 1. The van der Waals surface area contributed by atoms with E-state index in [2.05, 4.69) is 31.8 Å². The molecule has 0 aliphatic heterocycles. The van der Waals surface area contributed by atoms with Gasteiger partial charge < -0.3 is 5.32 Å². The molecule has 0 aliphatic rings. The lowest BCUT2D eigenvalue weighted by Gasteiger charge is -2.19. The number of nitrogens with zero attached hydrogens (tertiary/aromatic N) is 3. The van der Waals surface area contributed by atoms with E-state index < -0.39 is 22.0 Å². The van der Waals surface area contributed by atoms with Crippen LogP contribution in [0.5, 0.6) is 0 Å². The lowest BCUT2D eigenvalue weighted by atomic mass is 10.1. The number of hydrogen-bond acceptors (Lipinski definition) is 7. The largest absolute Gasteiger partial charge is 0.341 e. The standard InChI is InChI=1S/C25H23N7O4S/c1-16(30-24(33)21-22(26)28-15-14-27-21)23-31-19-12-6-8-17(9-7-13-29-37(2,35)36)20(19)25(34)32(23)18-10-4-3-5-11-18/h3-6,8,10-12,14-16,29H,13H2,1-2H3,(H2,26,28)(H,30,33)/p+1.